The molecule has 7 nitrogen and oxygen atoms in total. The summed E-state index contributed by atoms with van der Waals surface area (Å²) in [4.78, 5) is 13.1. The zero-order valence-corrected chi connectivity index (χ0v) is 15.5. The largest absolute Gasteiger partial charge is 0.497 e. The number of benzene rings is 1. The number of aromatic nitrogens is 2. The van der Waals surface area contributed by atoms with Crippen LogP contribution in [0.25, 0.3) is 10.6 Å². The molecule has 1 aromatic carbocycles. The summed E-state index contributed by atoms with van der Waals surface area (Å²) in [6.07, 6.45) is 1.48. The normalized spacial score (nSPS) is 10.9. The van der Waals surface area contributed by atoms with E-state index in [9.17, 15) is 4.79 Å². The van der Waals surface area contributed by atoms with Crippen LogP contribution >= 0.6 is 22.9 Å². The Morgan fingerprint density at radius 2 is 2.12 bits per heavy atom. The molecule has 134 valence electrons. The van der Waals surface area contributed by atoms with Gasteiger partial charge in [0.05, 0.1) is 35.3 Å². The molecule has 0 fully saturated rings. The molecule has 0 bridgehead atoms. The number of halogens is 1. The van der Waals surface area contributed by atoms with Gasteiger partial charge in [0, 0.05) is 5.56 Å². The van der Waals surface area contributed by atoms with Gasteiger partial charge < -0.3 is 9.47 Å². The number of hydrazone groups is 1. The Morgan fingerprint density at radius 3 is 2.81 bits per heavy atom. The monoisotopic (exact) mass is 390 g/mol. The van der Waals surface area contributed by atoms with Crippen LogP contribution < -0.4 is 14.9 Å². The van der Waals surface area contributed by atoms with Crippen molar-refractivity contribution in [1.29, 1.82) is 0 Å². The van der Waals surface area contributed by atoms with Crippen molar-refractivity contribution in [2.45, 2.75) is 0 Å². The number of nitrogens with zero attached hydrogens (tertiary/aromatic N) is 2. The number of thiophene rings is 1. The molecule has 0 atom stereocenters. The number of nitrogens with one attached hydrogen (secondary N) is 2. The van der Waals surface area contributed by atoms with Crippen molar-refractivity contribution in [3.63, 3.8) is 0 Å². The zero-order valence-electron chi connectivity index (χ0n) is 13.9. The predicted octanol–water partition coefficient (Wildman–Crippen LogP) is 3.57. The summed E-state index contributed by atoms with van der Waals surface area (Å²) in [5.74, 6) is 0.832. The molecular formula is C17H15ClN4O3S. The fourth-order valence-electron chi connectivity index (χ4n) is 2.18. The highest BCUT2D eigenvalue weighted by atomic mass is 35.5. The lowest BCUT2D eigenvalue weighted by atomic mass is 10.2. The van der Waals surface area contributed by atoms with E-state index in [-0.39, 0.29) is 5.69 Å². The van der Waals surface area contributed by atoms with Crippen LogP contribution in [0.4, 0.5) is 0 Å². The van der Waals surface area contributed by atoms with E-state index in [2.05, 4.69) is 20.7 Å². The van der Waals surface area contributed by atoms with Gasteiger partial charge in [-0.2, -0.15) is 10.2 Å². The molecule has 9 heteroatoms. The average molecular weight is 391 g/mol. The molecule has 0 aliphatic rings. The number of methoxy groups -OCH3 is 2. The van der Waals surface area contributed by atoms with Crippen LogP contribution in [0.1, 0.15) is 16.1 Å². The fraction of sp³-hybridized carbons (Fsp3) is 0.118. The summed E-state index contributed by atoms with van der Waals surface area (Å²) < 4.78 is 11.1. The van der Waals surface area contributed by atoms with Gasteiger partial charge in [0.15, 0.2) is 5.69 Å². The van der Waals surface area contributed by atoms with Crippen LogP contribution in [0.5, 0.6) is 11.5 Å². The topological polar surface area (TPSA) is 88.6 Å². The standard InChI is InChI=1S/C17H15ClN4O3S/c1-24-11-3-4-14(25-2)10(7-11)9-19-22-17(23)13-8-12(20-21-13)15-5-6-16(18)26-15/h3-9H,1-2H3,(H,20,21)(H,22,23). The number of carbonyl (C=O) groups excluding carboxylic acids is 1. The molecule has 1 amide bonds. The van der Waals surface area contributed by atoms with Gasteiger partial charge in [-0.15, -0.1) is 11.3 Å². The lowest BCUT2D eigenvalue weighted by molar-refractivity contribution is 0.0950. The van der Waals surface area contributed by atoms with Gasteiger partial charge in [-0.3, -0.25) is 9.89 Å². The van der Waals surface area contributed by atoms with Gasteiger partial charge in [0.25, 0.3) is 5.91 Å². The number of hydrogen-bond acceptors (Lipinski definition) is 6. The molecular weight excluding hydrogens is 376 g/mol. The Morgan fingerprint density at radius 1 is 1.27 bits per heavy atom. The highest BCUT2D eigenvalue weighted by Crippen LogP contribution is 2.29. The van der Waals surface area contributed by atoms with Crippen LogP contribution in [0, 0.1) is 0 Å². The molecule has 3 rings (SSSR count). The Hall–Kier alpha value is -2.84. The third-order valence-corrected chi connectivity index (χ3v) is 4.72. The Labute approximate surface area is 158 Å². The van der Waals surface area contributed by atoms with Crippen LogP contribution in [-0.2, 0) is 0 Å². The second-order valence-electron chi connectivity index (χ2n) is 5.08. The molecule has 0 aliphatic carbocycles. The lowest BCUT2D eigenvalue weighted by Gasteiger charge is -2.06. The molecule has 0 saturated carbocycles. The number of amides is 1. The van der Waals surface area contributed by atoms with Gasteiger partial charge in [-0.1, -0.05) is 11.6 Å². The van der Waals surface area contributed by atoms with Crippen LogP contribution in [-0.4, -0.2) is 36.5 Å². The van der Waals surface area contributed by atoms with Crippen molar-refractivity contribution in [3.05, 3.63) is 52.0 Å². The van der Waals surface area contributed by atoms with E-state index in [1.807, 2.05) is 6.07 Å². The second-order valence-corrected chi connectivity index (χ2v) is 6.79. The van der Waals surface area contributed by atoms with Crippen LogP contribution in [0.3, 0.4) is 0 Å². The van der Waals surface area contributed by atoms with E-state index in [4.69, 9.17) is 21.1 Å². The first-order valence-electron chi connectivity index (χ1n) is 7.47. The van der Waals surface area contributed by atoms with E-state index in [0.29, 0.717) is 27.1 Å². The van der Waals surface area contributed by atoms with Gasteiger partial charge in [-0.05, 0) is 36.4 Å². The van der Waals surface area contributed by atoms with Crippen molar-refractivity contribution >= 4 is 35.1 Å². The molecule has 2 N–H and O–H groups in total. The molecule has 0 unspecified atom stereocenters. The van der Waals surface area contributed by atoms with E-state index < -0.39 is 5.91 Å². The predicted molar refractivity (Wildman–Crippen MR) is 102 cm³/mol. The average Bonchev–Trinajstić information content (AvgIpc) is 3.30. The van der Waals surface area contributed by atoms with Crippen molar-refractivity contribution in [3.8, 4) is 22.1 Å². The Balaban J connectivity index is 1.69. The number of carbonyl (C=O) groups is 1. The van der Waals surface area contributed by atoms with Crippen molar-refractivity contribution in [2.24, 2.45) is 5.10 Å². The summed E-state index contributed by atoms with van der Waals surface area (Å²) in [5, 5.41) is 10.8. The van der Waals surface area contributed by atoms with E-state index in [1.54, 1.807) is 44.6 Å². The molecule has 2 aromatic heterocycles. The highest BCUT2D eigenvalue weighted by Gasteiger charge is 2.12. The molecule has 0 saturated heterocycles. The van der Waals surface area contributed by atoms with Crippen molar-refractivity contribution in [2.75, 3.05) is 14.2 Å². The summed E-state index contributed by atoms with van der Waals surface area (Å²) >= 11 is 7.32. The van der Waals surface area contributed by atoms with Crippen molar-refractivity contribution < 1.29 is 14.3 Å². The lowest BCUT2D eigenvalue weighted by Crippen LogP contribution is -2.18. The Bertz CT molecular complexity index is 951. The summed E-state index contributed by atoms with van der Waals surface area (Å²) in [5.41, 5.74) is 4.04. The van der Waals surface area contributed by atoms with Crippen molar-refractivity contribution in [1.82, 2.24) is 15.6 Å². The molecule has 0 radical (unpaired) electrons. The van der Waals surface area contributed by atoms with Crippen LogP contribution in [0.2, 0.25) is 4.34 Å². The maximum atomic E-state index is 12.2. The summed E-state index contributed by atoms with van der Waals surface area (Å²) in [6.45, 7) is 0. The number of H-pyrrole nitrogens is 1. The minimum absolute atomic E-state index is 0.222. The number of ether oxygens (including phenoxy) is 2. The molecule has 3 aromatic rings. The number of aromatic amines is 1. The third kappa shape index (κ3) is 4.04. The minimum atomic E-state index is -0.437. The SMILES string of the molecule is COc1ccc(OC)c(C=NNC(=O)c2cc(-c3ccc(Cl)s3)[nH]n2)c1. The Kier molecular flexibility index (Phi) is 5.55. The zero-order chi connectivity index (χ0) is 18.5. The van der Waals surface area contributed by atoms with Gasteiger partial charge in [0.1, 0.15) is 11.5 Å². The van der Waals surface area contributed by atoms with Gasteiger partial charge >= 0.3 is 0 Å². The molecule has 2 heterocycles. The number of hydrogen-bond donors (Lipinski definition) is 2. The first-order chi connectivity index (χ1) is 12.6. The first-order valence-corrected chi connectivity index (χ1v) is 8.66. The highest BCUT2D eigenvalue weighted by molar-refractivity contribution is 7.19. The van der Waals surface area contributed by atoms with E-state index >= 15 is 0 Å². The van der Waals surface area contributed by atoms with E-state index in [1.165, 1.54) is 17.6 Å². The third-order valence-electron chi connectivity index (χ3n) is 3.46. The second kappa shape index (κ2) is 8.03. The summed E-state index contributed by atoms with van der Waals surface area (Å²) in [6, 6.07) is 10.6. The van der Waals surface area contributed by atoms with Crippen LogP contribution in [0.15, 0.2) is 41.5 Å². The molecule has 26 heavy (non-hydrogen) atoms. The maximum Gasteiger partial charge on any atom is 0.291 e. The van der Waals surface area contributed by atoms with E-state index in [0.717, 1.165) is 4.88 Å². The fourth-order valence-corrected chi connectivity index (χ4v) is 3.19. The number of rotatable bonds is 6. The first kappa shape index (κ1) is 18.0. The van der Waals surface area contributed by atoms with Gasteiger partial charge in [0.2, 0.25) is 0 Å². The molecule has 0 aliphatic heterocycles. The molecule has 0 spiro atoms. The minimum Gasteiger partial charge on any atom is -0.497 e. The smallest absolute Gasteiger partial charge is 0.291 e. The van der Waals surface area contributed by atoms with Gasteiger partial charge in [-0.25, -0.2) is 5.43 Å². The quantitative estimate of drug-likeness (QED) is 0.497. The maximum absolute atomic E-state index is 12.2. The summed E-state index contributed by atoms with van der Waals surface area (Å²) in [7, 11) is 3.13.